The fourth-order valence-corrected chi connectivity index (χ4v) is 1.43. The number of allylic oxidation sites excluding steroid dienone is 3. The standard InChI is InChI=1S/C7H11N3/c8-10-7-4-2-1-3-6(7)5-9-10/h1-2,4,6,9H,3,5,8H2. The van der Waals surface area contributed by atoms with E-state index in [2.05, 4.69) is 23.7 Å². The Morgan fingerprint density at radius 1 is 1.70 bits per heavy atom. The molecule has 0 radical (unpaired) electrons. The second-order valence-corrected chi connectivity index (χ2v) is 2.68. The van der Waals surface area contributed by atoms with E-state index in [1.807, 2.05) is 0 Å². The summed E-state index contributed by atoms with van der Waals surface area (Å²) in [7, 11) is 0. The number of nitrogens with two attached hydrogens (primary N) is 1. The monoisotopic (exact) mass is 137 g/mol. The van der Waals surface area contributed by atoms with Crippen molar-refractivity contribution in [2.45, 2.75) is 6.42 Å². The van der Waals surface area contributed by atoms with Gasteiger partial charge in [-0.15, -0.1) is 0 Å². The predicted molar refractivity (Wildman–Crippen MR) is 39.4 cm³/mol. The molecule has 2 rings (SSSR count). The van der Waals surface area contributed by atoms with E-state index in [0.717, 1.165) is 13.0 Å². The third-order valence-electron chi connectivity index (χ3n) is 2.03. The Labute approximate surface area is 60.1 Å². The molecule has 0 saturated carbocycles. The molecule has 0 aromatic rings. The highest BCUT2D eigenvalue weighted by molar-refractivity contribution is 5.21. The maximum atomic E-state index is 5.61. The van der Waals surface area contributed by atoms with Gasteiger partial charge in [0.1, 0.15) is 0 Å². The SMILES string of the molecule is NN1NCC2CC=CC=C21. The maximum Gasteiger partial charge on any atom is 0.0520 e. The van der Waals surface area contributed by atoms with Gasteiger partial charge >= 0.3 is 0 Å². The van der Waals surface area contributed by atoms with Crippen LogP contribution in [0, 0.1) is 5.92 Å². The van der Waals surface area contributed by atoms with Crippen LogP contribution in [-0.4, -0.2) is 11.7 Å². The van der Waals surface area contributed by atoms with E-state index < -0.39 is 0 Å². The summed E-state index contributed by atoms with van der Waals surface area (Å²) in [6.07, 6.45) is 7.41. The number of nitrogens with zero attached hydrogens (tertiary/aromatic N) is 1. The first kappa shape index (κ1) is 5.95. The van der Waals surface area contributed by atoms with Crippen LogP contribution in [0.5, 0.6) is 0 Å². The van der Waals surface area contributed by atoms with Crippen molar-refractivity contribution in [3.63, 3.8) is 0 Å². The van der Waals surface area contributed by atoms with Gasteiger partial charge < -0.3 is 0 Å². The molecule has 1 saturated heterocycles. The molecule has 1 aliphatic carbocycles. The van der Waals surface area contributed by atoms with Gasteiger partial charge in [-0.1, -0.05) is 12.2 Å². The third kappa shape index (κ3) is 0.751. The summed E-state index contributed by atoms with van der Waals surface area (Å²) in [4.78, 5) is 0. The molecule has 1 fully saturated rings. The molecule has 3 heteroatoms. The molecule has 1 heterocycles. The molecule has 3 nitrogen and oxygen atoms in total. The second kappa shape index (κ2) is 2.11. The minimum atomic E-state index is 0.606. The normalized spacial score (nSPS) is 30.3. The number of hydrogen-bond donors (Lipinski definition) is 2. The van der Waals surface area contributed by atoms with E-state index in [-0.39, 0.29) is 0 Å². The molecule has 0 bridgehead atoms. The van der Waals surface area contributed by atoms with Gasteiger partial charge in [0, 0.05) is 12.5 Å². The molecular weight excluding hydrogens is 126 g/mol. The Hall–Kier alpha value is -0.800. The average Bonchev–Trinajstić information content (AvgIpc) is 2.34. The van der Waals surface area contributed by atoms with Crippen molar-refractivity contribution in [2.24, 2.45) is 11.8 Å². The lowest BCUT2D eigenvalue weighted by Crippen LogP contribution is -2.36. The predicted octanol–water partition coefficient (Wildman–Crippen LogP) is 0.140. The van der Waals surface area contributed by atoms with Crippen molar-refractivity contribution in [2.75, 3.05) is 6.54 Å². The van der Waals surface area contributed by atoms with Crippen LogP contribution in [0.25, 0.3) is 0 Å². The third-order valence-corrected chi connectivity index (χ3v) is 2.03. The molecule has 0 aromatic carbocycles. The molecule has 1 unspecified atom stereocenters. The molecule has 3 N–H and O–H groups in total. The van der Waals surface area contributed by atoms with Gasteiger partial charge in [-0.2, -0.15) is 0 Å². The molecule has 0 spiro atoms. The van der Waals surface area contributed by atoms with Crippen LogP contribution >= 0.6 is 0 Å². The molecule has 1 aliphatic heterocycles. The average molecular weight is 137 g/mol. The van der Waals surface area contributed by atoms with Gasteiger partial charge in [0.2, 0.25) is 0 Å². The summed E-state index contributed by atoms with van der Waals surface area (Å²) < 4.78 is 0. The second-order valence-electron chi connectivity index (χ2n) is 2.68. The van der Waals surface area contributed by atoms with Gasteiger partial charge in [-0.25, -0.2) is 16.4 Å². The van der Waals surface area contributed by atoms with Crippen LogP contribution in [0.4, 0.5) is 0 Å². The van der Waals surface area contributed by atoms with Crippen molar-refractivity contribution in [1.82, 2.24) is 10.5 Å². The molecule has 54 valence electrons. The number of nitrogens with one attached hydrogen (secondary N) is 1. The maximum absolute atomic E-state index is 5.61. The minimum Gasteiger partial charge on any atom is -0.248 e. The highest BCUT2D eigenvalue weighted by atomic mass is 15.7. The number of hydrazine groups is 2. The Bertz CT molecular complexity index is 195. The van der Waals surface area contributed by atoms with Crippen molar-refractivity contribution >= 4 is 0 Å². The lowest BCUT2D eigenvalue weighted by molar-refractivity contribution is 0.308. The quantitative estimate of drug-likeness (QED) is 0.467. The van der Waals surface area contributed by atoms with Gasteiger partial charge in [0.25, 0.3) is 0 Å². The van der Waals surface area contributed by atoms with E-state index in [0.29, 0.717) is 5.92 Å². The van der Waals surface area contributed by atoms with E-state index in [4.69, 9.17) is 5.84 Å². The zero-order chi connectivity index (χ0) is 6.97. The zero-order valence-electron chi connectivity index (χ0n) is 5.75. The summed E-state index contributed by atoms with van der Waals surface area (Å²) in [5, 5.41) is 1.62. The molecule has 10 heavy (non-hydrogen) atoms. The van der Waals surface area contributed by atoms with Gasteiger partial charge in [0.15, 0.2) is 0 Å². The lowest BCUT2D eigenvalue weighted by Gasteiger charge is -2.15. The lowest BCUT2D eigenvalue weighted by atomic mass is 9.99. The van der Waals surface area contributed by atoms with Crippen LogP contribution < -0.4 is 11.3 Å². The van der Waals surface area contributed by atoms with Crippen molar-refractivity contribution in [3.05, 3.63) is 23.9 Å². The Morgan fingerprint density at radius 2 is 2.60 bits per heavy atom. The van der Waals surface area contributed by atoms with E-state index in [1.165, 1.54) is 5.70 Å². The molecular formula is C7H11N3. The minimum absolute atomic E-state index is 0.606. The molecule has 2 aliphatic rings. The van der Waals surface area contributed by atoms with E-state index in [9.17, 15) is 0 Å². The Morgan fingerprint density at radius 3 is 3.40 bits per heavy atom. The largest absolute Gasteiger partial charge is 0.248 e. The summed E-state index contributed by atoms with van der Waals surface area (Å²) in [6, 6.07) is 0. The fraction of sp³-hybridized carbons (Fsp3) is 0.429. The molecule has 0 amide bonds. The van der Waals surface area contributed by atoms with Gasteiger partial charge in [0.05, 0.1) is 5.70 Å². The Kier molecular flexibility index (Phi) is 1.25. The highest BCUT2D eigenvalue weighted by Gasteiger charge is 2.25. The van der Waals surface area contributed by atoms with Gasteiger partial charge in [-0.05, 0) is 12.5 Å². The van der Waals surface area contributed by atoms with Crippen LogP contribution in [0.15, 0.2) is 23.9 Å². The highest BCUT2D eigenvalue weighted by Crippen LogP contribution is 2.24. The summed E-state index contributed by atoms with van der Waals surface area (Å²) in [6.45, 7) is 0.979. The Balaban J connectivity index is 2.25. The van der Waals surface area contributed by atoms with Crippen molar-refractivity contribution < 1.29 is 0 Å². The first-order valence-electron chi connectivity index (χ1n) is 3.53. The zero-order valence-corrected chi connectivity index (χ0v) is 5.75. The van der Waals surface area contributed by atoms with E-state index in [1.54, 1.807) is 5.12 Å². The number of rotatable bonds is 0. The summed E-state index contributed by atoms with van der Waals surface area (Å²) in [5.74, 6) is 6.22. The fourth-order valence-electron chi connectivity index (χ4n) is 1.43. The first-order chi connectivity index (χ1) is 4.88. The smallest absolute Gasteiger partial charge is 0.0520 e. The number of hydrogen-bond acceptors (Lipinski definition) is 3. The van der Waals surface area contributed by atoms with Crippen LogP contribution in [0.2, 0.25) is 0 Å². The van der Waals surface area contributed by atoms with Crippen molar-refractivity contribution in [3.8, 4) is 0 Å². The topological polar surface area (TPSA) is 41.3 Å². The summed E-state index contributed by atoms with van der Waals surface area (Å²) in [5.41, 5.74) is 4.27. The number of fused-ring (bicyclic) bond motifs is 1. The van der Waals surface area contributed by atoms with Crippen LogP contribution in [0.3, 0.4) is 0 Å². The summed E-state index contributed by atoms with van der Waals surface area (Å²) >= 11 is 0. The first-order valence-corrected chi connectivity index (χ1v) is 3.53. The van der Waals surface area contributed by atoms with Crippen LogP contribution in [-0.2, 0) is 0 Å². The van der Waals surface area contributed by atoms with Crippen molar-refractivity contribution in [1.29, 1.82) is 0 Å². The molecule has 0 aromatic heterocycles. The van der Waals surface area contributed by atoms with E-state index >= 15 is 0 Å². The molecule has 1 atom stereocenters. The van der Waals surface area contributed by atoms with Gasteiger partial charge in [-0.3, -0.25) is 0 Å². The van der Waals surface area contributed by atoms with Crippen LogP contribution in [0.1, 0.15) is 6.42 Å².